The van der Waals surface area contributed by atoms with Gasteiger partial charge in [0.25, 0.3) is 0 Å². The van der Waals surface area contributed by atoms with Crippen molar-refractivity contribution in [3.63, 3.8) is 0 Å². The molecule has 2 N–H and O–H groups in total. The van der Waals surface area contributed by atoms with Gasteiger partial charge in [-0.05, 0) is 26.3 Å². The van der Waals surface area contributed by atoms with Gasteiger partial charge >= 0.3 is 12.1 Å². The van der Waals surface area contributed by atoms with Crippen molar-refractivity contribution in [1.82, 2.24) is 5.32 Å². The zero-order chi connectivity index (χ0) is 16.1. The highest BCUT2D eigenvalue weighted by atomic mass is 16.6. The highest BCUT2D eigenvalue weighted by Gasteiger charge is 2.44. The van der Waals surface area contributed by atoms with Crippen LogP contribution in [0, 0.1) is 0 Å². The van der Waals surface area contributed by atoms with E-state index in [4.69, 9.17) is 15.4 Å². The molecule has 1 heterocycles. The second kappa shape index (κ2) is 6.40. The lowest BCUT2D eigenvalue weighted by Crippen LogP contribution is -2.45. The molecule has 0 saturated heterocycles. The molecule has 1 aliphatic heterocycles. The molecular weight excluding hydrogens is 280 g/mol. The monoisotopic (exact) mass is 298 g/mol. The van der Waals surface area contributed by atoms with Gasteiger partial charge in [-0.15, -0.1) is 0 Å². The number of aliphatic carboxylic acids is 1. The van der Waals surface area contributed by atoms with Gasteiger partial charge in [-0.25, -0.2) is 9.59 Å². The fourth-order valence-corrected chi connectivity index (χ4v) is 1.61. The average molecular weight is 298 g/mol. The number of ether oxygens (including phenoxy) is 1. The number of carbonyl (C=O) groups is 2. The smallest absolute Gasteiger partial charge is 0.408 e. The molecule has 1 aliphatic rings. The minimum atomic E-state index is -1.21. The van der Waals surface area contributed by atoms with E-state index in [1.807, 2.05) is 0 Å². The quantitative estimate of drug-likeness (QED) is 0.420. The van der Waals surface area contributed by atoms with Crippen molar-refractivity contribution < 1.29 is 19.4 Å². The summed E-state index contributed by atoms with van der Waals surface area (Å²) in [5.74, 6) is -1.21. The zero-order valence-electron chi connectivity index (χ0n) is 12.1. The van der Waals surface area contributed by atoms with Crippen LogP contribution >= 0.6 is 0 Å². The molecule has 0 aromatic heterocycles. The Balaban J connectivity index is 2.56. The number of rotatable bonds is 7. The number of hydrogen-bond acceptors (Lipinski definition) is 6. The van der Waals surface area contributed by atoms with E-state index in [2.05, 4.69) is 25.6 Å². The maximum atomic E-state index is 11.6. The summed E-state index contributed by atoms with van der Waals surface area (Å²) in [5, 5.41) is 22.4. The SMILES string of the molecule is CC(C)(C)OC(=O)N[C@@H](CC1(CCN=[N+]=[N-])N=N1)C(=O)O. The normalized spacial score (nSPS) is 16.5. The number of nitrogens with one attached hydrogen (secondary N) is 1. The first-order valence-electron chi connectivity index (χ1n) is 6.35. The Labute approximate surface area is 121 Å². The van der Waals surface area contributed by atoms with Crippen LogP contribution in [0.3, 0.4) is 0 Å². The van der Waals surface area contributed by atoms with Crippen LogP contribution in [-0.4, -0.2) is 41.0 Å². The predicted molar refractivity (Wildman–Crippen MR) is 71.6 cm³/mol. The van der Waals surface area contributed by atoms with Crippen LogP contribution in [0.25, 0.3) is 10.4 Å². The van der Waals surface area contributed by atoms with Crippen LogP contribution in [0.2, 0.25) is 0 Å². The molecule has 0 spiro atoms. The van der Waals surface area contributed by atoms with E-state index < -0.39 is 29.4 Å². The third kappa shape index (κ3) is 6.09. The summed E-state index contributed by atoms with van der Waals surface area (Å²) in [6.45, 7) is 5.18. The lowest BCUT2D eigenvalue weighted by Gasteiger charge is -2.22. The van der Waals surface area contributed by atoms with Gasteiger partial charge in [0.05, 0.1) is 0 Å². The van der Waals surface area contributed by atoms with Crippen molar-refractivity contribution in [3.05, 3.63) is 10.4 Å². The van der Waals surface area contributed by atoms with E-state index in [9.17, 15) is 9.59 Å². The summed E-state index contributed by atoms with van der Waals surface area (Å²) in [5.41, 5.74) is 6.59. The molecule has 0 aromatic rings. The Kier molecular flexibility index (Phi) is 5.09. The molecule has 0 aromatic carbocycles. The largest absolute Gasteiger partial charge is 0.480 e. The van der Waals surface area contributed by atoms with Crippen molar-refractivity contribution in [1.29, 1.82) is 0 Å². The fraction of sp³-hybridized carbons (Fsp3) is 0.818. The molecule has 0 bridgehead atoms. The van der Waals surface area contributed by atoms with Gasteiger partial charge < -0.3 is 15.2 Å². The Morgan fingerprint density at radius 3 is 2.52 bits per heavy atom. The van der Waals surface area contributed by atoms with Gasteiger partial charge in [-0.2, -0.15) is 10.2 Å². The first-order chi connectivity index (χ1) is 9.67. The molecule has 1 atom stereocenters. The van der Waals surface area contributed by atoms with Crippen LogP contribution in [-0.2, 0) is 9.53 Å². The van der Waals surface area contributed by atoms with Crippen LogP contribution in [0.5, 0.6) is 0 Å². The van der Waals surface area contributed by atoms with Gasteiger partial charge in [-0.1, -0.05) is 5.11 Å². The van der Waals surface area contributed by atoms with Crippen LogP contribution in [0.4, 0.5) is 4.79 Å². The van der Waals surface area contributed by atoms with Gasteiger partial charge in [0.1, 0.15) is 11.6 Å². The number of carboxylic acid groups (broad SMARTS) is 1. The van der Waals surface area contributed by atoms with E-state index in [0.717, 1.165) is 0 Å². The lowest BCUT2D eigenvalue weighted by molar-refractivity contribution is -0.139. The Morgan fingerprint density at radius 2 is 2.10 bits per heavy atom. The number of carbonyl (C=O) groups excluding carboxylic acids is 1. The molecule has 0 aliphatic carbocycles. The maximum Gasteiger partial charge on any atom is 0.408 e. The van der Waals surface area contributed by atoms with Gasteiger partial charge in [-0.3, -0.25) is 0 Å². The van der Waals surface area contributed by atoms with E-state index in [1.54, 1.807) is 20.8 Å². The second-order valence-electron chi connectivity index (χ2n) is 5.63. The van der Waals surface area contributed by atoms with E-state index in [0.29, 0.717) is 6.42 Å². The summed E-state index contributed by atoms with van der Waals surface area (Å²) in [7, 11) is 0. The molecule has 1 rings (SSSR count). The number of carboxylic acids is 1. The second-order valence-corrected chi connectivity index (χ2v) is 5.63. The third-order valence-electron chi connectivity index (χ3n) is 2.58. The van der Waals surface area contributed by atoms with Gasteiger partial charge in [0.15, 0.2) is 5.66 Å². The Morgan fingerprint density at radius 1 is 1.48 bits per heavy atom. The average Bonchev–Trinajstić information content (AvgIpc) is 3.06. The summed E-state index contributed by atoms with van der Waals surface area (Å²) < 4.78 is 5.01. The minimum Gasteiger partial charge on any atom is -0.480 e. The highest BCUT2D eigenvalue weighted by molar-refractivity contribution is 5.80. The molecule has 116 valence electrons. The van der Waals surface area contributed by atoms with Crippen LogP contribution in [0.1, 0.15) is 33.6 Å². The van der Waals surface area contributed by atoms with Crippen molar-refractivity contribution in [2.24, 2.45) is 15.3 Å². The third-order valence-corrected chi connectivity index (χ3v) is 2.58. The van der Waals surface area contributed by atoms with E-state index in [1.165, 1.54) is 0 Å². The Bertz CT molecular complexity index is 485. The van der Waals surface area contributed by atoms with Crippen molar-refractivity contribution in [2.75, 3.05) is 6.54 Å². The maximum absolute atomic E-state index is 11.6. The summed E-state index contributed by atoms with van der Waals surface area (Å²) >= 11 is 0. The number of nitrogens with zero attached hydrogens (tertiary/aromatic N) is 5. The lowest BCUT2D eigenvalue weighted by atomic mass is 10.0. The number of hydrogen-bond donors (Lipinski definition) is 2. The Hall–Kier alpha value is -2.35. The van der Waals surface area contributed by atoms with Crippen molar-refractivity contribution in [3.8, 4) is 0 Å². The summed E-state index contributed by atoms with van der Waals surface area (Å²) in [4.78, 5) is 25.4. The molecule has 10 heteroatoms. The molecule has 21 heavy (non-hydrogen) atoms. The van der Waals surface area contributed by atoms with E-state index in [-0.39, 0.29) is 13.0 Å². The van der Waals surface area contributed by atoms with Crippen LogP contribution < -0.4 is 5.32 Å². The molecule has 0 saturated carbocycles. The molecule has 1 amide bonds. The van der Waals surface area contributed by atoms with Gasteiger partial charge in [0.2, 0.25) is 0 Å². The number of azide groups is 1. The van der Waals surface area contributed by atoms with Gasteiger partial charge in [0, 0.05) is 24.3 Å². The first kappa shape index (κ1) is 16.7. The van der Waals surface area contributed by atoms with Crippen LogP contribution in [0.15, 0.2) is 15.3 Å². The predicted octanol–water partition coefficient (Wildman–Crippen LogP) is 2.22. The minimum absolute atomic E-state index is 0.0114. The standard InChI is InChI=1S/C11H18N6O4/c1-10(2,3)21-9(20)14-7(8(18)19)6-11(15-16-11)4-5-13-17-12/h7H,4-6H2,1-3H3,(H,14,20)(H,18,19)/t7-/m0/s1. The molecule has 0 fully saturated rings. The van der Waals surface area contributed by atoms with Crippen molar-refractivity contribution >= 4 is 12.1 Å². The number of amides is 1. The summed E-state index contributed by atoms with van der Waals surface area (Å²) in [6, 6.07) is -1.18. The highest BCUT2D eigenvalue weighted by Crippen LogP contribution is 2.36. The fourth-order valence-electron chi connectivity index (χ4n) is 1.61. The molecule has 0 radical (unpaired) electrons. The molecule has 10 nitrogen and oxygen atoms in total. The molecular formula is C11H18N6O4. The molecule has 0 unspecified atom stereocenters. The summed E-state index contributed by atoms with van der Waals surface area (Å²) in [6.07, 6.45) is -0.528. The first-order valence-corrected chi connectivity index (χ1v) is 6.35. The van der Waals surface area contributed by atoms with E-state index >= 15 is 0 Å². The number of alkyl carbamates (subject to hydrolysis) is 1. The topological polar surface area (TPSA) is 149 Å². The van der Waals surface area contributed by atoms with Crippen molar-refractivity contribution in [2.45, 2.75) is 50.9 Å². The zero-order valence-corrected chi connectivity index (χ0v) is 12.1.